The predicted octanol–water partition coefficient (Wildman–Crippen LogP) is 2.33. The van der Waals surface area contributed by atoms with Gasteiger partial charge in [0, 0.05) is 18.8 Å². The zero-order chi connectivity index (χ0) is 14.6. The highest BCUT2D eigenvalue weighted by atomic mass is 16.3. The molecule has 1 atom stereocenters. The number of nitriles is 1. The molecule has 5 heteroatoms. The van der Waals surface area contributed by atoms with Gasteiger partial charge >= 0.3 is 6.03 Å². The van der Waals surface area contributed by atoms with E-state index in [2.05, 4.69) is 5.32 Å². The summed E-state index contributed by atoms with van der Waals surface area (Å²) in [6, 6.07) is 8.64. The number of nitrogens with one attached hydrogen (secondary N) is 1. The molecule has 0 bridgehead atoms. The van der Waals surface area contributed by atoms with Crippen molar-refractivity contribution in [2.45, 2.75) is 31.8 Å². The molecule has 106 valence electrons. The summed E-state index contributed by atoms with van der Waals surface area (Å²) < 4.78 is 0. The van der Waals surface area contributed by atoms with Gasteiger partial charge in [-0.3, -0.25) is 0 Å². The summed E-state index contributed by atoms with van der Waals surface area (Å²) in [5.41, 5.74) is 0.558. The van der Waals surface area contributed by atoms with Gasteiger partial charge in [-0.2, -0.15) is 5.26 Å². The number of benzene rings is 1. The molecule has 1 unspecified atom stereocenters. The standard InChI is InChI=1S/C15H19N3O2/c1-15(20)7-2-9-18(10-8-15)14(19)17-13-5-3-12(11-16)4-6-13/h3-6,20H,2,7-10H2,1H3,(H,17,19). The number of likely N-dealkylation sites (tertiary alicyclic amines) is 1. The van der Waals surface area contributed by atoms with Crippen molar-refractivity contribution in [3.05, 3.63) is 29.8 Å². The minimum Gasteiger partial charge on any atom is -0.390 e. The SMILES string of the molecule is CC1(O)CCCN(C(=O)Nc2ccc(C#N)cc2)CC1. The monoisotopic (exact) mass is 273 g/mol. The average molecular weight is 273 g/mol. The highest BCUT2D eigenvalue weighted by Gasteiger charge is 2.26. The van der Waals surface area contributed by atoms with Crippen LogP contribution in [0.4, 0.5) is 10.5 Å². The van der Waals surface area contributed by atoms with Crippen LogP contribution in [0.1, 0.15) is 31.7 Å². The Morgan fingerprint density at radius 3 is 2.70 bits per heavy atom. The summed E-state index contributed by atoms with van der Waals surface area (Å²) in [4.78, 5) is 13.9. The van der Waals surface area contributed by atoms with E-state index in [1.807, 2.05) is 13.0 Å². The fourth-order valence-electron chi connectivity index (χ4n) is 2.30. The Kier molecular flexibility index (Phi) is 4.26. The molecule has 1 fully saturated rings. The fraction of sp³-hybridized carbons (Fsp3) is 0.467. The third-order valence-electron chi connectivity index (χ3n) is 3.62. The van der Waals surface area contributed by atoms with Gasteiger partial charge in [-0.25, -0.2) is 4.79 Å². The summed E-state index contributed by atoms with van der Waals surface area (Å²) in [6.07, 6.45) is 2.11. The molecule has 2 amide bonds. The quantitative estimate of drug-likeness (QED) is 0.824. The second kappa shape index (κ2) is 5.93. The van der Waals surface area contributed by atoms with Crippen LogP contribution in [-0.2, 0) is 0 Å². The van der Waals surface area contributed by atoms with Gasteiger partial charge in [-0.15, -0.1) is 0 Å². The number of amides is 2. The van der Waals surface area contributed by atoms with Crippen molar-refractivity contribution in [3.63, 3.8) is 0 Å². The predicted molar refractivity (Wildman–Crippen MR) is 76.2 cm³/mol. The number of rotatable bonds is 1. The number of urea groups is 1. The van der Waals surface area contributed by atoms with Crippen LogP contribution >= 0.6 is 0 Å². The van der Waals surface area contributed by atoms with Crippen LogP contribution in [0, 0.1) is 11.3 Å². The van der Waals surface area contributed by atoms with Crippen LogP contribution in [0.2, 0.25) is 0 Å². The molecule has 1 aliphatic rings. The summed E-state index contributed by atoms with van der Waals surface area (Å²) in [5.74, 6) is 0. The molecule has 20 heavy (non-hydrogen) atoms. The van der Waals surface area contributed by atoms with Gasteiger partial charge in [-0.05, 0) is 50.5 Å². The van der Waals surface area contributed by atoms with E-state index in [-0.39, 0.29) is 6.03 Å². The maximum Gasteiger partial charge on any atom is 0.321 e. The molecular weight excluding hydrogens is 254 g/mol. The molecule has 0 aliphatic carbocycles. The lowest BCUT2D eigenvalue weighted by atomic mass is 9.98. The highest BCUT2D eigenvalue weighted by molar-refractivity contribution is 5.89. The largest absolute Gasteiger partial charge is 0.390 e. The highest BCUT2D eigenvalue weighted by Crippen LogP contribution is 2.21. The summed E-state index contributed by atoms with van der Waals surface area (Å²) in [7, 11) is 0. The van der Waals surface area contributed by atoms with E-state index in [0.717, 1.165) is 6.42 Å². The molecule has 0 spiro atoms. The average Bonchev–Trinajstić information content (AvgIpc) is 2.60. The maximum absolute atomic E-state index is 12.2. The van der Waals surface area contributed by atoms with Crippen molar-refractivity contribution in [2.24, 2.45) is 0 Å². The van der Waals surface area contributed by atoms with Gasteiger partial charge in [0.25, 0.3) is 0 Å². The fourth-order valence-corrected chi connectivity index (χ4v) is 2.30. The van der Waals surface area contributed by atoms with E-state index < -0.39 is 5.60 Å². The first-order chi connectivity index (χ1) is 9.50. The molecule has 0 radical (unpaired) electrons. The van der Waals surface area contributed by atoms with Crippen LogP contribution in [0.3, 0.4) is 0 Å². The van der Waals surface area contributed by atoms with E-state index in [1.54, 1.807) is 29.2 Å². The third kappa shape index (κ3) is 3.72. The van der Waals surface area contributed by atoms with Crippen LogP contribution < -0.4 is 5.32 Å². The molecule has 2 N–H and O–H groups in total. The normalized spacial score (nSPS) is 22.8. The van der Waals surface area contributed by atoms with Crippen molar-refractivity contribution in [1.82, 2.24) is 4.90 Å². The van der Waals surface area contributed by atoms with E-state index in [4.69, 9.17) is 5.26 Å². The Labute approximate surface area is 118 Å². The second-order valence-electron chi connectivity index (χ2n) is 5.46. The molecule has 1 saturated heterocycles. The summed E-state index contributed by atoms with van der Waals surface area (Å²) in [6.45, 7) is 3.02. The molecule has 2 rings (SSSR count). The van der Waals surface area contributed by atoms with Crippen LogP contribution in [0.15, 0.2) is 24.3 Å². The number of aliphatic hydroxyl groups is 1. The lowest BCUT2D eigenvalue weighted by molar-refractivity contribution is 0.0458. The molecule has 1 aromatic carbocycles. The van der Waals surface area contributed by atoms with E-state index in [0.29, 0.717) is 37.2 Å². The lowest BCUT2D eigenvalue weighted by Gasteiger charge is -2.22. The molecule has 0 saturated carbocycles. The van der Waals surface area contributed by atoms with Gasteiger partial charge in [0.15, 0.2) is 0 Å². The molecule has 1 heterocycles. The van der Waals surface area contributed by atoms with Crippen molar-refractivity contribution in [1.29, 1.82) is 5.26 Å². The number of carbonyl (C=O) groups excluding carboxylic acids is 1. The first-order valence-corrected chi connectivity index (χ1v) is 6.79. The van der Waals surface area contributed by atoms with Gasteiger partial charge in [0.2, 0.25) is 0 Å². The first-order valence-electron chi connectivity index (χ1n) is 6.79. The Bertz CT molecular complexity index is 517. The van der Waals surface area contributed by atoms with Gasteiger partial charge in [-0.1, -0.05) is 0 Å². The first kappa shape index (κ1) is 14.4. The topological polar surface area (TPSA) is 76.4 Å². The van der Waals surface area contributed by atoms with E-state index in [1.165, 1.54) is 0 Å². The molecule has 1 aliphatic heterocycles. The van der Waals surface area contributed by atoms with Crippen molar-refractivity contribution < 1.29 is 9.90 Å². The van der Waals surface area contributed by atoms with Gasteiger partial charge in [0.05, 0.1) is 17.2 Å². The smallest absolute Gasteiger partial charge is 0.321 e. The number of carbonyl (C=O) groups is 1. The van der Waals surface area contributed by atoms with Gasteiger partial charge < -0.3 is 15.3 Å². The third-order valence-corrected chi connectivity index (χ3v) is 3.62. The Hall–Kier alpha value is -2.06. The summed E-state index contributed by atoms with van der Waals surface area (Å²) in [5, 5.41) is 21.6. The van der Waals surface area contributed by atoms with Crippen molar-refractivity contribution in [3.8, 4) is 6.07 Å². The number of anilines is 1. The lowest BCUT2D eigenvalue weighted by Crippen LogP contribution is -2.36. The van der Waals surface area contributed by atoms with E-state index in [9.17, 15) is 9.90 Å². The van der Waals surface area contributed by atoms with Crippen molar-refractivity contribution >= 4 is 11.7 Å². The minimum atomic E-state index is -0.677. The zero-order valence-electron chi connectivity index (χ0n) is 11.6. The minimum absolute atomic E-state index is 0.160. The van der Waals surface area contributed by atoms with Gasteiger partial charge in [0.1, 0.15) is 0 Å². The Morgan fingerprint density at radius 1 is 1.35 bits per heavy atom. The molecular formula is C15H19N3O2. The van der Waals surface area contributed by atoms with Crippen LogP contribution in [0.5, 0.6) is 0 Å². The number of hydrogen-bond acceptors (Lipinski definition) is 3. The summed E-state index contributed by atoms with van der Waals surface area (Å²) >= 11 is 0. The zero-order valence-corrected chi connectivity index (χ0v) is 11.6. The van der Waals surface area contributed by atoms with Crippen LogP contribution in [-0.4, -0.2) is 34.7 Å². The van der Waals surface area contributed by atoms with E-state index >= 15 is 0 Å². The molecule has 5 nitrogen and oxygen atoms in total. The number of nitrogens with zero attached hydrogens (tertiary/aromatic N) is 2. The molecule has 0 aromatic heterocycles. The maximum atomic E-state index is 12.2. The second-order valence-corrected chi connectivity index (χ2v) is 5.46. The molecule has 1 aromatic rings. The number of hydrogen-bond donors (Lipinski definition) is 2. The Balaban J connectivity index is 1.95. The van der Waals surface area contributed by atoms with Crippen LogP contribution in [0.25, 0.3) is 0 Å². The Morgan fingerprint density at radius 2 is 2.05 bits per heavy atom. The van der Waals surface area contributed by atoms with Crippen molar-refractivity contribution in [2.75, 3.05) is 18.4 Å².